The molecule has 2 aromatic rings. The van der Waals surface area contributed by atoms with Crippen molar-refractivity contribution < 1.29 is 19.2 Å². The van der Waals surface area contributed by atoms with E-state index in [1.165, 1.54) is 4.90 Å². The van der Waals surface area contributed by atoms with Crippen molar-refractivity contribution in [2.24, 2.45) is 0 Å². The van der Waals surface area contributed by atoms with Crippen molar-refractivity contribution >= 4 is 23.0 Å². The van der Waals surface area contributed by atoms with Gasteiger partial charge >= 0.3 is 5.97 Å². The van der Waals surface area contributed by atoms with E-state index in [1.54, 1.807) is 19.9 Å². The maximum Gasteiger partial charge on any atom is 0.323 e. The van der Waals surface area contributed by atoms with Crippen LogP contribution in [-0.2, 0) is 4.79 Å². The Bertz CT molecular complexity index is 721. The maximum absolute atomic E-state index is 12.7. The highest BCUT2D eigenvalue weighted by Crippen LogP contribution is 2.26. The molecule has 0 saturated carbocycles. The normalized spacial score (nSPS) is 11.1. The Labute approximate surface area is 127 Å². The maximum atomic E-state index is 12.7. The smallest absolute Gasteiger partial charge is 0.323 e. The van der Waals surface area contributed by atoms with E-state index < -0.39 is 5.97 Å². The summed E-state index contributed by atoms with van der Waals surface area (Å²) in [6, 6.07) is 1.70. The standard InChI is InChI=1S/C15H19N3O4/c1-5-18(7-12(19)20)15(21)10-6-11(8(2)3)16-14-13(10)9(4)17-22-14/h6,8H,5,7H2,1-4H3,(H,19,20). The second-order valence-corrected chi connectivity index (χ2v) is 5.41. The Balaban J connectivity index is 2.58. The van der Waals surface area contributed by atoms with Crippen LogP contribution in [0.1, 0.15) is 48.4 Å². The number of aliphatic carboxylic acids is 1. The predicted octanol–water partition coefficient (Wildman–Crippen LogP) is 2.20. The van der Waals surface area contributed by atoms with Crippen molar-refractivity contribution in [3.05, 3.63) is 23.0 Å². The monoisotopic (exact) mass is 305 g/mol. The molecule has 22 heavy (non-hydrogen) atoms. The topological polar surface area (TPSA) is 96.5 Å². The third-order valence-electron chi connectivity index (χ3n) is 3.45. The van der Waals surface area contributed by atoms with E-state index in [0.29, 0.717) is 34.6 Å². The number of nitrogens with zero attached hydrogens (tertiary/aromatic N) is 3. The fourth-order valence-electron chi connectivity index (χ4n) is 2.24. The molecule has 0 radical (unpaired) electrons. The van der Waals surface area contributed by atoms with Gasteiger partial charge in [-0.05, 0) is 25.8 Å². The van der Waals surface area contributed by atoms with Crippen LogP contribution in [0.3, 0.4) is 0 Å². The number of amides is 1. The number of carboxylic acid groups (broad SMARTS) is 1. The van der Waals surface area contributed by atoms with Crippen LogP contribution in [0, 0.1) is 6.92 Å². The van der Waals surface area contributed by atoms with Gasteiger partial charge in [-0.1, -0.05) is 19.0 Å². The minimum atomic E-state index is -1.05. The highest BCUT2D eigenvalue weighted by atomic mass is 16.5. The van der Waals surface area contributed by atoms with Gasteiger partial charge in [-0.3, -0.25) is 9.59 Å². The zero-order valence-corrected chi connectivity index (χ0v) is 13.1. The molecule has 7 heteroatoms. The summed E-state index contributed by atoms with van der Waals surface area (Å²) in [7, 11) is 0. The lowest BCUT2D eigenvalue weighted by molar-refractivity contribution is -0.137. The molecule has 2 heterocycles. The number of likely N-dealkylation sites (N-methyl/N-ethyl adjacent to an activating group) is 1. The van der Waals surface area contributed by atoms with E-state index in [1.807, 2.05) is 13.8 Å². The Morgan fingerprint density at radius 2 is 2.09 bits per heavy atom. The first-order valence-corrected chi connectivity index (χ1v) is 7.13. The van der Waals surface area contributed by atoms with Gasteiger partial charge in [-0.15, -0.1) is 0 Å². The predicted molar refractivity (Wildman–Crippen MR) is 79.8 cm³/mol. The number of carbonyl (C=O) groups is 2. The number of rotatable bonds is 5. The molecule has 0 bridgehead atoms. The van der Waals surface area contributed by atoms with Gasteiger partial charge in [-0.2, -0.15) is 0 Å². The van der Waals surface area contributed by atoms with Crippen molar-refractivity contribution in [1.29, 1.82) is 0 Å². The SMILES string of the molecule is CCN(CC(=O)O)C(=O)c1cc(C(C)C)nc2onc(C)c12. The van der Waals surface area contributed by atoms with Gasteiger partial charge in [0.05, 0.1) is 16.6 Å². The van der Waals surface area contributed by atoms with E-state index in [2.05, 4.69) is 10.1 Å². The Kier molecular flexibility index (Phi) is 4.44. The van der Waals surface area contributed by atoms with E-state index in [0.717, 1.165) is 0 Å². The second kappa shape index (κ2) is 6.13. The number of hydrogen-bond acceptors (Lipinski definition) is 5. The Hall–Kier alpha value is -2.44. The van der Waals surface area contributed by atoms with E-state index in [9.17, 15) is 9.59 Å². The molecule has 0 atom stereocenters. The molecular formula is C15H19N3O4. The minimum Gasteiger partial charge on any atom is -0.480 e. The summed E-state index contributed by atoms with van der Waals surface area (Å²) in [5.74, 6) is -1.30. The fraction of sp³-hybridized carbons (Fsp3) is 0.467. The van der Waals surface area contributed by atoms with Gasteiger partial charge in [0.15, 0.2) is 0 Å². The molecule has 2 rings (SSSR count). The van der Waals surface area contributed by atoms with Gasteiger partial charge in [-0.25, -0.2) is 4.98 Å². The largest absolute Gasteiger partial charge is 0.480 e. The van der Waals surface area contributed by atoms with Gasteiger partial charge in [0, 0.05) is 12.2 Å². The Morgan fingerprint density at radius 1 is 1.41 bits per heavy atom. The Morgan fingerprint density at radius 3 is 2.64 bits per heavy atom. The van der Waals surface area contributed by atoms with Crippen LogP contribution >= 0.6 is 0 Å². The highest BCUT2D eigenvalue weighted by molar-refractivity contribution is 6.06. The summed E-state index contributed by atoms with van der Waals surface area (Å²) in [6.07, 6.45) is 0. The van der Waals surface area contributed by atoms with Crippen LogP contribution in [0.4, 0.5) is 0 Å². The molecule has 1 N–H and O–H groups in total. The van der Waals surface area contributed by atoms with Crippen LogP contribution in [0.5, 0.6) is 0 Å². The van der Waals surface area contributed by atoms with Gasteiger partial charge in [0.1, 0.15) is 6.54 Å². The molecule has 2 aromatic heterocycles. The summed E-state index contributed by atoms with van der Waals surface area (Å²) in [4.78, 5) is 29.3. The fourth-order valence-corrected chi connectivity index (χ4v) is 2.24. The van der Waals surface area contributed by atoms with Gasteiger partial charge in [0.25, 0.3) is 11.6 Å². The van der Waals surface area contributed by atoms with Crippen LogP contribution in [0.25, 0.3) is 11.1 Å². The van der Waals surface area contributed by atoms with Gasteiger partial charge in [0.2, 0.25) is 0 Å². The first-order chi connectivity index (χ1) is 10.3. The number of pyridine rings is 1. The number of hydrogen-bond donors (Lipinski definition) is 1. The van der Waals surface area contributed by atoms with Crippen molar-refractivity contribution in [1.82, 2.24) is 15.0 Å². The van der Waals surface area contributed by atoms with E-state index >= 15 is 0 Å². The lowest BCUT2D eigenvalue weighted by atomic mass is 10.0. The van der Waals surface area contributed by atoms with Crippen LogP contribution in [0.15, 0.2) is 10.6 Å². The summed E-state index contributed by atoms with van der Waals surface area (Å²) in [5.41, 5.74) is 1.96. The molecule has 0 aliphatic heterocycles. The molecular weight excluding hydrogens is 286 g/mol. The second-order valence-electron chi connectivity index (χ2n) is 5.41. The molecule has 7 nitrogen and oxygen atoms in total. The van der Waals surface area contributed by atoms with E-state index in [4.69, 9.17) is 9.63 Å². The summed E-state index contributed by atoms with van der Waals surface area (Å²) in [5, 5.41) is 13.3. The molecule has 1 amide bonds. The zero-order valence-electron chi connectivity index (χ0n) is 13.1. The van der Waals surface area contributed by atoms with Crippen LogP contribution in [-0.4, -0.2) is 45.1 Å². The summed E-state index contributed by atoms with van der Waals surface area (Å²) >= 11 is 0. The van der Waals surface area contributed by atoms with E-state index in [-0.39, 0.29) is 18.4 Å². The molecule has 0 unspecified atom stereocenters. The number of aryl methyl sites for hydroxylation is 1. The van der Waals surface area contributed by atoms with Crippen molar-refractivity contribution in [2.75, 3.05) is 13.1 Å². The zero-order chi connectivity index (χ0) is 16.4. The third kappa shape index (κ3) is 2.93. The van der Waals surface area contributed by atoms with Crippen molar-refractivity contribution in [2.45, 2.75) is 33.6 Å². The molecule has 0 saturated heterocycles. The minimum absolute atomic E-state index is 0.107. The number of carboxylic acids is 1. The third-order valence-corrected chi connectivity index (χ3v) is 3.45. The summed E-state index contributed by atoms with van der Waals surface area (Å²) < 4.78 is 5.18. The average molecular weight is 305 g/mol. The number of carbonyl (C=O) groups excluding carboxylic acids is 1. The first kappa shape index (κ1) is 15.9. The average Bonchev–Trinajstić information content (AvgIpc) is 2.84. The summed E-state index contributed by atoms with van der Waals surface area (Å²) in [6.45, 7) is 7.34. The molecule has 0 aliphatic rings. The molecule has 0 aliphatic carbocycles. The lowest BCUT2D eigenvalue weighted by Gasteiger charge is -2.19. The van der Waals surface area contributed by atoms with Crippen LogP contribution < -0.4 is 0 Å². The number of fused-ring (bicyclic) bond motifs is 1. The number of aromatic nitrogens is 2. The van der Waals surface area contributed by atoms with Gasteiger partial charge < -0.3 is 14.5 Å². The molecule has 0 fully saturated rings. The van der Waals surface area contributed by atoms with Crippen molar-refractivity contribution in [3.63, 3.8) is 0 Å². The highest BCUT2D eigenvalue weighted by Gasteiger charge is 2.24. The quantitative estimate of drug-likeness (QED) is 0.909. The first-order valence-electron chi connectivity index (χ1n) is 7.13. The molecule has 0 spiro atoms. The van der Waals surface area contributed by atoms with Crippen LogP contribution in [0.2, 0.25) is 0 Å². The molecule has 0 aromatic carbocycles. The van der Waals surface area contributed by atoms with Crippen molar-refractivity contribution in [3.8, 4) is 0 Å². The lowest BCUT2D eigenvalue weighted by Crippen LogP contribution is -2.35. The molecule has 118 valence electrons.